The predicted octanol–water partition coefficient (Wildman–Crippen LogP) is -0.457. The second-order valence-corrected chi connectivity index (χ2v) is 4.58. The van der Waals surface area contributed by atoms with Crippen LogP contribution in [0.2, 0.25) is 0 Å². The Hall–Kier alpha value is -2.33. The van der Waals surface area contributed by atoms with E-state index in [9.17, 15) is 10.1 Å². The van der Waals surface area contributed by atoms with Crippen LogP contribution in [0, 0.1) is 11.3 Å². The van der Waals surface area contributed by atoms with Gasteiger partial charge in [0.25, 0.3) is 5.56 Å². The van der Waals surface area contributed by atoms with E-state index in [0.29, 0.717) is 22.4 Å². The molecule has 1 aliphatic heterocycles. The smallest absolute Gasteiger partial charge is 0.277 e. The zero-order chi connectivity index (χ0) is 13.4. The second-order valence-electron chi connectivity index (χ2n) is 4.58. The molecule has 0 aromatic carbocycles. The molecule has 19 heavy (non-hydrogen) atoms. The highest BCUT2D eigenvalue weighted by molar-refractivity contribution is 5.87. The first kappa shape index (κ1) is 11.7. The number of nitrogens with zero attached hydrogens (tertiary/aromatic N) is 4. The first-order valence-corrected chi connectivity index (χ1v) is 6.15. The third kappa shape index (κ3) is 1.77. The Morgan fingerprint density at radius 1 is 1.42 bits per heavy atom. The first-order chi connectivity index (χ1) is 9.22. The van der Waals surface area contributed by atoms with Crippen molar-refractivity contribution in [3.63, 3.8) is 0 Å². The molecule has 0 aliphatic carbocycles. The predicted molar refractivity (Wildman–Crippen MR) is 71.1 cm³/mol. The number of hydrogen-bond donors (Lipinski definition) is 2. The lowest BCUT2D eigenvalue weighted by molar-refractivity contribution is 0.586. The molecular formula is C12H14N6O. The molecule has 0 spiro atoms. The molecule has 0 amide bonds. The van der Waals surface area contributed by atoms with E-state index in [1.807, 2.05) is 0 Å². The molecule has 1 saturated heterocycles. The number of H-pyrrole nitrogens is 1. The van der Waals surface area contributed by atoms with Crippen LogP contribution in [0.15, 0.2) is 11.1 Å². The number of aromatic nitrogens is 3. The third-order valence-electron chi connectivity index (χ3n) is 3.39. The fourth-order valence-corrected chi connectivity index (χ4v) is 2.37. The van der Waals surface area contributed by atoms with E-state index in [1.165, 1.54) is 10.9 Å². The van der Waals surface area contributed by atoms with E-state index in [1.54, 1.807) is 7.05 Å². The standard InChI is InChI=1S/C12H14N6O/c1-17-7-15-9-8(6-13)11(16-10(9)12(17)19)18-4-2-14-3-5-18/h7,14,16H,2-5H2,1H3. The van der Waals surface area contributed by atoms with E-state index >= 15 is 0 Å². The van der Waals surface area contributed by atoms with Crippen molar-refractivity contribution in [2.75, 3.05) is 31.1 Å². The van der Waals surface area contributed by atoms with Gasteiger partial charge in [0.2, 0.25) is 0 Å². The summed E-state index contributed by atoms with van der Waals surface area (Å²) in [6, 6.07) is 2.16. The highest BCUT2D eigenvalue weighted by Crippen LogP contribution is 2.25. The van der Waals surface area contributed by atoms with Crippen molar-refractivity contribution in [2.45, 2.75) is 0 Å². The number of rotatable bonds is 1. The van der Waals surface area contributed by atoms with Crippen LogP contribution in [0.5, 0.6) is 0 Å². The van der Waals surface area contributed by atoms with Gasteiger partial charge in [-0.3, -0.25) is 4.79 Å². The van der Waals surface area contributed by atoms with Gasteiger partial charge in [-0.05, 0) is 0 Å². The minimum Gasteiger partial charge on any atom is -0.354 e. The molecule has 7 nitrogen and oxygen atoms in total. The maximum absolute atomic E-state index is 12.0. The largest absolute Gasteiger partial charge is 0.354 e. The molecule has 0 radical (unpaired) electrons. The maximum atomic E-state index is 12.0. The SMILES string of the molecule is Cn1cnc2c(C#N)c(N3CCNCC3)[nH]c2c1=O. The lowest BCUT2D eigenvalue weighted by Crippen LogP contribution is -2.44. The molecule has 0 atom stereocenters. The van der Waals surface area contributed by atoms with Gasteiger partial charge in [-0.25, -0.2) is 4.98 Å². The summed E-state index contributed by atoms with van der Waals surface area (Å²) in [6.07, 6.45) is 1.45. The summed E-state index contributed by atoms with van der Waals surface area (Å²) in [5.74, 6) is 0.704. The molecule has 2 N–H and O–H groups in total. The van der Waals surface area contributed by atoms with Crippen LogP contribution >= 0.6 is 0 Å². The number of nitrogens with one attached hydrogen (secondary N) is 2. The van der Waals surface area contributed by atoms with Crippen LogP contribution in [-0.4, -0.2) is 40.7 Å². The molecule has 1 aliphatic rings. The van der Waals surface area contributed by atoms with E-state index in [-0.39, 0.29) is 5.56 Å². The number of aromatic amines is 1. The summed E-state index contributed by atoms with van der Waals surface area (Å²) in [5.41, 5.74) is 1.15. The first-order valence-electron chi connectivity index (χ1n) is 6.15. The van der Waals surface area contributed by atoms with Gasteiger partial charge in [0.15, 0.2) is 0 Å². The molecule has 3 heterocycles. The van der Waals surface area contributed by atoms with Crippen molar-refractivity contribution in [1.82, 2.24) is 19.9 Å². The van der Waals surface area contributed by atoms with Crippen molar-refractivity contribution in [1.29, 1.82) is 5.26 Å². The summed E-state index contributed by atoms with van der Waals surface area (Å²) in [6.45, 7) is 3.35. The van der Waals surface area contributed by atoms with E-state index < -0.39 is 0 Å². The van der Waals surface area contributed by atoms with Crippen molar-refractivity contribution in [2.24, 2.45) is 7.05 Å². The zero-order valence-electron chi connectivity index (χ0n) is 10.6. The van der Waals surface area contributed by atoms with Gasteiger partial charge in [-0.1, -0.05) is 0 Å². The lowest BCUT2D eigenvalue weighted by Gasteiger charge is -2.28. The highest BCUT2D eigenvalue weighted by Gasteiger charge is 2.21. The molecule has 0 bridgehead atoms. The van der Waals surface area contributed by atoms with Gasteiger partial charge in [0.1, 0.15) is 28.5 Å². The third-order valence-corrected chi connectivity index (χ3v) is 3.39. The fraction of sp³-hybridized carbons (Fsp3) is 0.417. The van der Waals surface area contributed by atoms with E-state index in [2.05, 4.69) is 26.3 Å². The van der Waals surface area contributed by atoms with Crippen LogP contribution in [-0.2, 0) is 7.05 Å². The molecule has 0 saturated carbocycles. The van der Waals surface area contributed by atoms with Crippen LogP contribution in [0.25, 0.3) is 11.0 Å². The van der Waals surface area contributed by atoms with Crippen molar-refractivity contribution in [3.05, 3.63) is 22.2 Å². The van der Waals surface area contributed by atoms with E-state index in [4.69, 9.17) is 0 Å². The van der Waals surface area contributed by atoms with Gasteiger partial charge in [-0.2, -0.15) is 5.26 Å². The monoisotopic (exact) mass is 258 g/mol. The van der Waals surface area contributed by atoms with E-state index in [0.717, 1.165) is 26.2 Å². The number of aryl methyl sites for hydroxylation is 1. The molecule has 0 unspecified atom stereocenters. The maximum Gasteiger partial charge on any atom is 0.277 e. The lowest BCUT2D eigenvalue weighted by atomic mass is 10.2. The Labute approximate surface area is 109 Å². The summed E-state index contributed by atoms with van der Waals surface area (Å²) < 4.78 is 1.40. The minimum absolute atomic E-state index is 0.164. The molecule has 3 rings (SSSR count). The number of fused-ring (bicyclic) bond motifs is 1. The Balaban J connectivity index is 2.22. The van der Waals surface area contributed by atoms with Crippen LogP contribution in [0.1, 0.15) is 5.56 Å². The number of nitriles is 1. The Morgan fingerprint density at radius 2 is 2.16 bits per heavy atom. The quantitative estimate of drug-likeness (QED) is 0.722. The summed E-state index contributed by atoms with van der Waals surface area (Å²) >= 11 is 0. The molecular weight excluding hydrogens is 244 g/mol. The molecule has 7 heteroatoms. The average molecular weight is 258 g/mol. The van der Waals surface area contributed by atoms with Crippen LogP contribution < -0.4 is 15.8 Å². The van der Waals surface area contributed by atoms with Gasteiger partial charge in [-0.15, -0.1) is 0 Å². The number of anilines is 1. The van der Waals surface area contributed by atoms with Crippen LogP contribution in [0.4, 0.5) is 5.82 Å². The van der Waals surface area contributed by atoms with Gasteiger partial charge in [0, 0.05) is 33.2 Å². The highest BCUT2D eigenvalue weighted by atomic mass is 16.1. The fourth-order valence-electron chi connectivity index (χ4n) is 2.37. The van der Waals surface area contributed by atoms with Gasteiger partial charge < -0.3 is 19.8 Å². The molecule has 98 valence electrons. The second kappa shape index (κ2) is 4.40. The molecule has 1 fully saturated rings. The Morgan fingerprint density at radius 3 is 2.84 bits per heavy atom. The Kier molecular flexibility index (Phi) is 2.72. The summed E-state index contributed by atoms with van der Waals surface area (Å²) in [7, 11) is 1.64. The van der Waals surface area contributed by atoms with Crippen LogP contribution in [0.3, 0.4) is 0 Å². The van der Waals surface area contributed by atoms with Gasteiger partial charge in [0.05, 0.1) is 6.33 Å². The molecule has 2 aromatic rings. The molecule has 2 aromatic heterocycles. The summed E-state index contributed by atoms with van der Waals surface area (Å²) in [5, 5.41) is 12.6. The Bertz CT molecular complexity index is 716. The van der Waals surface area contributed by atoms with Crippen molar-refractivity contribution >= 4 is 16.9 Å². The average Bonchev–Trinajstić information content (AvgIpc) is 2.83. The number of hydrogen-bond acceptors (Lipinski definition) is 5. The van der Waals surface area contributed by atoms with Gasteiger partial charge >= 0.3 is 0 Å². The topological polar surface area (TPSA) is 89.7 Å². The summed E-state index contributed by atoms with van der Waals surface area (Å²) in [4.78, 5) is 21.4. The van der Waals surface area contributed by atoms with Crippen molar-refractivity contribution in [3.8, 4) is 6.07 Å². The normalized spacial score (nSPS) is 15.7. The minimum atomic E-state index is -0.164. The zero-order valence-corrected chi connectivity index (χ0v) is 10.6. The number of piperazine rings is 1. The van der Waals surface area contributed by atoms with Crippen molar-refractivity contribution < 1.29 is 0 Å².